The SMILES string of the molecule is O=C(O)C=Cc1cccc(-c2ccnc3[nH]cc(C(=O)c4ccc(Cl)cc4)c23)c1. The monoisotopic (exact) mass is 402 g/mol. The minimum absolute atomic E-state index is 0.135. The smallest absolute Gasteiger partial charge is 0.328 e. The molecular weight excluding hydrogens is 388 g/mol. The van der Waals surface area contributed by atoms with Gasteiger partial charge in [-0.25, -0.2) is 9.78 Å². The molecule has 5 nitrogen and oxygen atoms in total. The van der Waals surface area contributed by atoms with Crippen molar-refractivity contribution >= 4 is 40.5 Å². The molecule has 142 valence electrons. The average molecular weight is 403 g/mol. The molecule has 6 heteroatoms. The van der Waals surface area contributed by atoms with Crippen LogP contribution >= 0.6 is 11.6 Å². The fourth-order valence-electron chi connectivity index (χ4n) is 3.21. The summed E-state index contributed by atoms with van der Waals surface area (Å²) in [7, 11) is 0. The molecule has 2 aromatic heterocycles. The topological polar surface area (TPSA) is 83.0 Å². The average Bonchev–Trinajstić information content (AvgIpc) is 3.17. The van der Waals surface area contributed by atoms with Gasteiger partial charge in [-0.15, -0.1) is 0 Å². The Morgan fingerprint density at radius 1 is 1.07 bits per heavy atom. The van der Waals surface area contributed by atoms with Crippen molar-refractivity contribution in [1.29, 1.82) is 0 Å². The van der Waals surface area contributed by atoms with Crippen LogP contribution in [0.5, 0.6) is 0 Å². The summed E-state index contributed by atoms with van der Waals surface area (Å²) in [5.41, 5.74) is 4.08. The normalized spacial score (nSPS) is 11.2. The van der Waals surface area contributed by atoms with E-state index in [4.69, 9.17) is 16.7 Å². The molecule has 0 saturated heterocycles. The van der Waals surface area contributed by atoms with Gasteiger partial charge < -0.3 is 10.1 Å². The number of carboxylic acid groups (broad SMARTS) is 1. The first-order valence-electron chi connectivity index (χ1n) is 8.81. The molecule has 2 aromatic carbocycles. The Balaban J connectivity index is 1.84. The maximum absolute atomic E-state index is 13.1. The van der Waals surface area contributed by atoms with Gasteiger partial charge in [0.05, 0.1) is 5.56 Å². The van der Waals surface area contributed by atoms with Crippen molar-refractivity contribution < 1.29 is 14.7 Å². The first kappa shape index (κ1) is 18.7. The molecular formula is C23H15ClN2O3. The zero-order valence-electron chi connectivity index (χ0n) is 15.1. The Morgan fingerprint density at radius 3 is 2.62 bits per heavy atom. The first-order valence-corrected chi connectivity index (χ1v) is 9.18. The highest BCUT2D eigenvalue weighted by atomic mass is 35.5. The maximum Gasteiger partial charge on any atom is 0.328 e. The summed E-state index contributed by atoms with van der Waals surface area (Å²) < 4.78 is 0. The zero-order valence-corrected chi connectivity index (χ0v) is 15.9. The second kappa shape index (κ2) is 7.73. The molecule has 0 spiro atoms. The number of carbonyl (C=O) groups is 2. The van der Waals surface area contributed by atoms with Gasteiger partial charge in [0, 0.05) is 34.4 Å². The van der Waals surface area contributed by atoms with Crippen molar-refractivity contribution in [2.24, 2.45) is 0 Å². The number of aromatic amines is 1. The van der Waals surface area contributed by atoms with Gasteiger partial charge >= 0.3 is 5.97 Å². The Kier molecular flexibility index (Phi) is 4.97. The van der Waals surface area contributed by atoms with Gasteiger partial charge in [0.25, 0.3) is 0 Å². The van der Waals surface area contributed by atoms with E-state index in [2.05, 4.69) is 9.97 Å². The Morgan fingerprint density at radius 2 is 1.86 bits per heavy atom. The lowest BCUT2D eigenvalue weighted by Gasteiger charge is -2.07. The molecule has 2 N–H and O–H groups in total. The van der Waals surface area contributed by atoms with Gasteiger partial charge in [0.15, 0.2) is 5.78 Å². The van der Waals surface area contributed by atoms with E-state index >= 15 is 0 Å². The number of aromatic nitrogens is 2. The van der Waals surface area contributed by atoms with E-state index in [0.29, 0.717) is 27.2 Å². The molecule has 0 amide bonds. The zero-order chi connectivity index (χ0) is 20.4. The van der Waals surface area contributed by atoms with Gasteiger partial charge in [-0.2, -0.15) is 0 Å². The van der Waals surface area contributed by atoms with E-state index < -0.39 is 5.97 Å². The van der Waals surface area contributed by atoms with E-state index in [1.54, 1.807) is 36.7 Å². The van der Waals surface area contributed by atoms with E-state index in [0.717, 1.165) is 22.8 Å². The van der Waals surface area contributed by atoms with Crippen LogP contribution in [-0.2, 0) is 4.79 Å². The maximum atomic E-state index is 13.1. The summed E-state index contributed by atoms with van der Waals surface area (Å²) in [6, 6.07) is 16.0. The molecule has 0 aliphatic heterocycles. The molecule has 0 unspecified atom stereocenters. The van der Waals surface area contributed by atoms with E-state index in [-0.39, 0.29) is 5.78 Å². The number of nitrogens with one attached hydrogen (secondary N) is 1. The van der Waals surface area contributed by atoms with Gasteiger partial charge in [-0.1, -0.05) is 29.8 Å². The van der Waals surface area contributed by atoms with Crippen LogP contribution in [-0.4, -0.2) is 26.8 Å². The van der Waals surface area contributed by atoms with Crippen molar-refractivity contribution in [2.45, 2.75) is 0 Å². The van der Waals surface area contributed by atoms with E-state index in [9.17, 15) is 9.59 Å². The van der Waals surface area contributed by atoms with Gasteiger partial charge in [-0.3, -0.25) is 4.79 Å². The number of fused-ring (bicyclic) bond motifs is 1. The number of ketones is 1. The quantitative estimate of drug-likeness (QED) is 0.354. The third kappa shape index (κ3) is 3.81. The number of hydrogen-bond acceptors (Lipinski definition) is 3. The number of carboxylic acids is 1. The van der Waals surface area contributed by atoms with Gasteiger partial charge in [-0.05, 0) is 59.2 Å². The Labute approximate surface area is 171 Å². The molecule has 0 bridgehead atoms. The molecule has 0 aliphatic carbocycles. The van der Waals surface area contributed by atoms with Crippen LogP contribution in [0, 0.1) is 0 Å². The fourth-order valence-corrected chi connectivity index (χ4v) is 3.34. The van der Waals surface area contributed by atoms with Crippen molar-refractivity contribution in [3.05, 3.63) is 94.8 Å². The number of aliphatic carboxylic acids is 1. The predicted octanol–water partition coefficient (Wildman–Crippen LogP) is 5.21. The van der Waals surface area contributed by atoms with Gasteiger partial charge in [0.2, 0.25) is 0 Å². The molecule has 4 aromatic rings. The lowest BCUT2D eigenvalue weighted by atomic mass is 9.96. The largest absolute Gasteiger partial charge is 0.478 e. The highest BCUT2D eigenvalue weighted by Gasteiger charge is 2.18. The Hall–Kier alpha value is -3.70. The summed E-state index contributed by atoms with van der Waals surface area (Å²) in [6.45, 7) is 0. The molecule has 0 radical (unpaired) electrons. The number of rotatable bonds is 5. The molecule has 2 heterocycles. The highest BCUT2D eigenvalue weighted by Crippen LogP contribution is 2.32. The van der Waals surface area contributed by atoms with E-state index in [1.807, 2.05) is 30.3 Å². The van der Waals surface area contributed by atoms with Crippen molar-refractivity contribution in [3.63, 3.8) is 0 Å². The standard InChI is InChI=1S/C23H15ClN2O3/c24-17-7-5-15(6-8-17)22(29)19-13-26-23-21(19)18(10-11-25-23)16-3-1-2-14(12-16)4-9-20(27)28/h1-13H,(H,25,26)(H,27,28). The summed E-state index contributed by atoms with van der Waals surface area (Å²) >= 11 is 5.93. The van der Waals surface area contributed by atoms with Crippen LogP contribution in [0.3, 0.4) is 0 Å². The molecule has 0 fully saturated rings. The number of benzene rings is 2. The molecule has 0 aliphatic rings. The van der Waals surface area contributed by atoms with E-state index in [1.165, 1.54) is 6.08 Å². The minimum atomic E-state index is -1.01. The number of hydrogen-bond donors (Lipinski definition) is 2. The minimum Gasteiger partial charge on any atom is -0.478 e. The molecule has 29 heavy (non-hydrogen) atoms. The lowest BCUT2D eigenvalue weighted by molar-refractivity contribution is -0.131. The van der Waals surface area contributed by atoms with Crippen LogP contribution in [0.1, 0.15) is 21.5 Å². The van der Waals surface area contributed by atoms with Crippen LogP contribution in [0.4, 0.5) is 0 Å². The number of H-pyrrole nitrogens is 1. The first-order chi connectivity index (χ1) is 14.0. The Bertz CT molecular complexity index is 1260. The van der Waals surface area contributed by atoms with Crippen LogP contribution < -0.4 is 0 Å². The third-order valence-electron chi connectivity index (χ3n) is 4.54. The summed E-state index contributed by atoms with van der Waals surface area (Å²) in [5.74, 6) is -1.15. The van der Waals surface area contributed by atoms with Gasteiger partial charge in [0.1, 0.15) is 5.65 Å². The molecule has 0 saturated carbocycles. The van der Waals surface area contributed by atoms with Crippen LogP contribution in [0.2, 0.25) is 5.02 Å². The van der Waals surface area contributed by atoms with Crippen molar-refractivity contribution in [2.75, 3.05) is 0 Å². The second-order valence-electron chi connectivity index (χ2n) is 6.42. The number of nitrogens with zero attached hydrogens (tertiary/aromatic N) is 1. The fraction of sp³-hybridized carbons (Fsp3) is 0. The molecule has 4 rings (SSSR count). The number of carbonyl (C=O) groups excluding carboxylic acids is 1. The third-order valence-corrected chi connectivity index (χ3v) is 4.79. The predicted molar refractivity (Wildman–Crippen MR) is 113 cm³/mol. The van der Waals surface area contributed by atoms with Crippen molar-refractivity contribution in [1.82, 2.24) is 9.97 Å². The summed E-state index contributed by atoms with van der Waals surface area (Å²) in [6.07, 6.45) is 5.95. The number of pyridine rings is 1. The van der Waals surface area contributed by atoms with Crippen LogP contribution in [0.25, 0.3) is 28.2 Å². The molecule has 0 atom stereocenters. The summed E-state index contributed by atoms with van der Waals surface area (Å²) in [4.78, 5) is 31.3. The van der Waals surface area contributed by atoms with Crippen molar-refractivity contribution in [3.8, 4) is 11.1 Å². The number of halogens is 1. The summed E-state index contributed by atoms with van der Waals surface area (Å²) in [5, 5.41) is 10.1. The lowest BCUT2D eigenvalue weighted by Crippen LogP contribution is -2.00. The second-order valence-corrected chi connectivity index (χ2v) is 6.85. The van der Waals surface area contributed by atoms with Crippen LogP contribution in [0.15, 0.2) is 73.1 Å². The highest BCUT2D eigenvalue weighted by molar-refractivity contribution is 6.30.